The summed E-state index contributed by atoms with van der Waals surface area (Å²) in [4.78, 5) is 24.0. The Balaban J connectivity index is 0.00000225. The van der Waals surface area contributed by atoms with Crippen LogP contribution in [0.1, 0.15) is 53.1 Å². The van der Waals surface area contributed by atoms with Crippen LogP contribution in [-0.4, -0.2) is 40.4 Å². The summed E-state index contributed by atoms with van der Waals surface area (Å²) in [6, 6.07) is 10.2. The molecule has 1 amide bonds. The third kappa shape index (κ3) is 3.59. The molecule has 2 aromatic rings. The van der Waals surface area contributed by atoms with Gasteiger partial charge in [-0.1, -0.05) is 38.1 Å². The predicted molar refractivity (Wildman–Crippen MR) is 113 cm³/mol. The van der Waals surface area contributed by atoms with Crippen LogP contribution in [0, 0.1) is 18.8 Å². The van der Waals surface area contributed by atoms with Crippen LogP contribution in [0.15, 0.2) is 30.3 Å². The summed E-state index contributed by atoms with van der Waals surface area (Å²) in [6.07, 6.45) is 0. The summed E-state index contributed by atoms with van der Waals surface area (Å²) in [5, 5.41) is 3.49. The number of nitrogen functional groups attached to an aromatic ring is 1. The lowest BCUT2D eigenvalue weighted by Crippen LogP contribution is -2.35. The number of nitrogens with one attached hydrogen (secondary N) is 1. The highest BCUT2D eigenvalue weighted by Gasteiger charge is 2.47. The lowest BCUT2D eigenvalue weighted by Gasteiger charge is -2.29. The highest BCUT2D eigenvalue weighted by atomic mass is 35.5. The third-order valence-corrected chi connectivity index (χ3v) is 5.91. The van der Waals surface area contributed by atoms with Gasteiger partial charge in [-0.15, -0.1) is 12.4 Å². The molecule has 7 heteroatoms. The molecule has 3 heterocycles. The van der Waals surface area contributed by atoms with Gasteiger partial charge in [0, 0.05) is 31.2 Å². The van der Waals surface area contributed by atoms with E-state index in [4.69, 9.17) is 5.73 Å². The molecule has 4 rings (SSSR count). The van der Waals surface area contributed by atoms with Crippen LogP contribution in [0.4, 0.5) is 5.95 Å². The number of carbonyl (C=O) groups is 1. The topological polar surface area (TPSA) is 84.1 Å². The number of aromatic nitrogens is 2. The van der Waals surface area contributed by atoms with Crippen molar-refractivity contribution in [1.29, 1.82) is 0 Å². The number of aryl methyl sites for hydroxylation is 1. The van der Waals surface area contributed by atoms with Gasteiger partial charge in [0.05, 0.1) is 6.04 Å². The second kappa shape index (κ2) is 8.05. The summed E-state index contributed by atoms with van der Waals surface area (Å²) in [5.41, 5.74) is 9.55. The maximum absolute atomic E-state index is 13.5. The van der Waals surface area contributed by atoms with E-state index in [0.717, 1.165) is 25.3 Å². The van der Waals surface area contributed by atoms with Crippen LogP contribution >= 0.6 is 12.4 Å². The molecule has 0 spiro atoms. The van der Waals surface area contributed by atoms with E-state index in [-0.39, 0.29) is 36.2 Å². The summed E-state index contributed by atoms with van der Waals surface area (Å²) < 4.78 is 0. The van der Waals surface area contributed by atoms with E-state index >= 15 is 0 Å². The van der Waals surface area contributed by atoms with Crippen molar-refractivity contribution in [2.24, 2.45) is 11.8 Å². The molecule has 28 heavy (non-hydrogen) atoms. The van der Waals surface area contributed by atoms with Crippen LogP contribution in [0.2, 0.25) is 0 Å². The Morgan fingerprint density at radius 2 is 2.00 bits per heavy atom. The average Bonchev–Trinajstić information content (AvgIpc) is 3.22. The number of hydrogen-bond donors (Lipinski definition) is 2. The molecule has 3 N–H and O–H groups in total. The number of carbonyl (C=O) groups excluding carboxylic acids is 1. The fourth-order valence-corrected chi connectivity index (χ4v) is 4.48. The highest BCUT2D eigenvalue weighted by Crippen LogP contribution is 2.44. The molecular formula is C21H28ClN5O. The summed E-state index contributed by atoms with van der Waals surface area (Å²) in [5.74, 6) is 1.21. The molecule has 0 unspecified atom stereocenters. The van der Waals surface area contributed by atoms with Crippen LogP contribution in [0.5, 0.6) is 0 Å². The number of amides is 1. The molecule has 0 radical (unpaired) electrons. The second-order valence-corrected chi connectivity index (χ2v) is 8.03. The van der Waals surface area contributed by atoms with Crippen molar-refractivity contribution in [3.8, 4) is 0 Å². The van der Waals surface area contributed by atoms with Gasteiger partial charge in [-0.25, -0.2) is 9.97 Å². The molecule has 2 fully saturated rings. The monoisotopic (exact) mass is 401 g/mol. The number of nitrogens with zero attached hydrogens (tertiary/aromatic N) is 3. The summed E-state index contributed by atoms with van der Waals surface area (Å²) in [7, 11) is 0. The van der Waals surface area contributed by atoms with E-state index < -0.39 is 0 Å². The standard InChI is InChI=1S/C21H27N5O.ClH/c1-12(2)17-8-18(25-21(22)24-17)20(27)26-11-14-9-23-10-16(14)19(26)15-7-5-4-6-13(15)3;/h4-8,12,14,16,19,23H,9-11H2,1-3H3,(H2,22,24,25);1H/t14-,16-,19-;/m0./s1. The van der Waals surface area contributed by atoms with Gasteiger partial charge < -0.3 is 16.0 Å². The molecule has 1 aromatic heterocycles. The van der Waals surface area contributed by atoms with E-state index in [1.54, 1.807) is 6.07 Å². The van der Waals surface area contributed by atoms with Gasteiger partial charge >= 0.3 is 0 Å². The van der Waals surface area contributed by atoms with E-state index in [0.29, 0.717) is 17.5 Å². The Kier molecular flexibility index (Phi) is 5.91. The van der Waals surface area contributed by atoms with Crippen LogP contribution < -0.4 is 11.1 Å². The van der Waals surface area contributed by atoms with Crippen LogP contribution in [0.3, 0.4) is 0 Å². The minimum Gasteiger partial charge on any atom is -0.368 e. The van der Waals surface area contributed by atoms with Crippen molar-refractivity contribution >= 4 is 24.3 Å². The third-order valence-electron chi connectivity index (χ3n) is 5.91. The fourth-order valence-electron chi connectivity index (χ4n) is 4.48. The minimum absolute atomic E-state index is 0. The Morgan fingerprint density at radius 3 is 2.71 bits per heavy atom. The molecule has 0 saturated carbocycles. The number of nitrogens with two attached hydrogens (primary N) is 1. The average molecular weight is 402 g/mol. The first-order valence-corrected chi connectivity index (χ1v) is 9.67. The van der Waals surface area contributed by atoms with Gasteiger partial charge in [-0.2, -0.15) is 0 Å². The molecule has 2 saturated heterocycles. The Labute approximate surface area is 172 Å². The molecule has 2 aliphatic rings. The Morgan fingerprint density at radius 1 is 1.25 bits per heavy atom. The number of rotatable bonds is 3. The van der Waals surface area contributed by atoms with Gasteiger partial charge in [0.15, 0.2) is 0 Å². The molecule has 3 atom stereocenters. The molecule has 6 nitrogen and oxygen atoms in total. The number of fused-ring (bicyclic) bond motifs is 1. The van der Waals surface area contributed by atoms with E-state index in [9.17, 15) is 4.79 Å². The zero-order chi connectivity index (χ0) is 19.1. The van der Waals surface area contributed by atoms with Crippen molar-refractivity contribution < 1.29 is 4.79 Å². The minimum atomic E-state index is -0.0475. The first-order valence-electron chi connectivity index (χ1n) is 9.67. The van der Waals surface area contributed by atoms with Gasteiger partial charge in [0.2, 0.25) is 5.95 Å². The summed E-state index contributed by atoms with van der Waals surface area (Å²) in [6.45, 7) is 8.84. The zero-order valence-corrected chi connectivity index (χ0v) is 17.4. The number of anilines is 1. The molecule has 1 aromatic carbocycles. The molecule has 2 aliphatic heterocycles. The maximum Gasteiger partial charge on any atom is 0.273 e. The van der Waals surface area contributed by atoms with E-state index in [2.05, 4.69) is 40.4 Å². The van der Waals surface area contributed by atoms with Crippen LogP contribution in [0.25, 0.3) is 0 Å². The van der Waals surface area contributed by atoms with Crippen molar-refractivity contribution in [2.75, 3.05) is 25.4 Å². The predicted octanol–water partition coefficient (Wildman–Crippen LogP) is 2.95. The summed E-state index contributed by atoms with van der Waals surface area (Å²) >= 11 is 0. The molecule has 0 bridgehead atoms. The first kappa shape index (κ1) is 20.6. The number of benzene rings is 1. The number of likely N-dealkylation sites (tertiary alicyclic amines) is 1. The molecule has 0 aliphatic carbocycles. The Hall–Kier alpha value is -2.18. The van der Waals surface area contributed by atoms with Gasteiger partial charge in [0.1, 0.15) is 5.69 Å². The van der Waals surface area contributed by atoms with Gasteiger partial charge in [0.25, 0.3) is 5.91 Å². The Bertz CT molecular complexity index is 872. The lowest BCUT2D eigenvalue weighted by atomic mass is 9.87. The smallest absolute Gasteiger partial charge is 0.273 e. The van der Waals surface area contributed by atoms with Crippen LogP contribution in [-0.2, 0) is 0 Å². The van der Waals surface area contributed by atoms with E-state index in [1.165, 1.54) is 11.1 Å². The maximum atomic E-state index is 13.5. The van der Waals surface area contributed by atoms with Gasteiger partial charge in [-0.05, 0) is 36.0 Å². The first-order chi connectivity index (χ1) is 13.0. The van der Waals surface area contributed by atoms with Gasteiger partial charge in [-0.3, -0.25) is 4.79 Å². The second-order valence-electron chi connectivity index (χ2n) is 8.03. The molecule has 150 valence electrons. The van der Waals surface area contributed by atoms with Crippen molar-refractivity contribution in [3.05, 3.63) is 52.8 Å². The fraction of sp³-hybridized carbons (Fsp3) is 0.476. The van der Waals surface area contributed by atoms with E-state index in [1.807, 2.05) is 24.8 Å². The number of halogens is 1. The van der Waals surface area contributed by atoms with Crippen molar-refractivity contribution in [1.82, 2.24) is 20.2 Å². The van der Waals surface area contributed by atoms with Crippen molar-refractivity contribution in [3.63, 3.8) is 0 Å². The lowest BCUT2D eigenvalue weighted by molar-refractivity contribution is 0.0707. The molecular weight excluding hydrogens is 374 g/mol. The largest absolute Gasteiger partial charge is 0.368 e. The zero-order valence-electron chi connectivity index (χ0n) is 16.6. The van der Waals surface area contributed by atoms with Crippen molar-refractivity contribution in [2.45, 2.75) is 32.7 Å². The highest BCUT2D eigenvalue weighted by molar-refractivity contribution is 5.93. The normalized spacial score (nSPS) is 23.6. The number of hydrogen-bond acceptors (Lipinski definition) is 5. The SMILES string of the molecule is Cc1ccccc1[C@H]1[C@H]2CNC[C@H]2CN1C(=O)c1cc(C(C)C)nc(N)n1.Cl. The quantitative estimate of drug-likeness (QED) is 0.826.